The molecule has 0 amide bonds. The summed E-state index contributed by atoms with van der Waals surface area (Å²) in [5.74, 6) is 0.834. The summed E-state index contributed by atoms with van der Waals surface area (Å²) in [7, 11) is 0. The summed E-state index contributed by atoms with van der Waals surface area (Å²) >= 11 is 0. The molecule has 0 spiro atoms. The van der Waals surface area contributed by atoms with E-state index < -0.39 is 0 Å². The lowest BCUT2D eigenvalue weighted by molar-refractivity contribution is 0.558. The molecular formula is C8H14N2O. The van der Waals surface area contributed by atoms with Gasteiger partial charge in [0, 0.05) is 6.54 Å². The molecule has 0 saturated carbocycles. The summed E-state index contributed by atoms with van der Waals surface area (Å²) in [4.78, 5) is 3.94. The number of hydrogen-bond acceptors (Lipinski definition) is 3. The van der Waals surface area contributed by atoms with E-state index in [-0.39, 0.29) is 0 Å². The van der Waals surface area contributed by atoms with Gasteiger partial charge in [-0.25, -0.2) is 0 Å². The summed E-state index contributed by atoms with van der Waals surface area (Å²) in [6.45, 7) is 3.18. The second kappa shape index (κ2) is 4.77. The number of anilines is 1. The minimum Gasteiger partial charge on any atom is -0.449 e. The van der Waals surface area contributed by atoms with Crippen LogP contribution in [-0.4, -0.2) is 11.5 Å². The monoisotopic (exact) mass is 154 g/mol. The molecule has 0 aliphatic rings. The number of rotatable bonds is 5. The van der Waals surface area contributed by atoms with E-state index in [0.29, 0.717) is 0 Å². The Morgan fingerprint density at radius 3 is 3.09 bits per heavy atom. The average molecular weight is 154 g/mol. The van der Waals surface area contributed by atoms with Crippen LogP contribution in [0.1, 0.15) is 26.2 Å². The van der Waals surface area contributed by atoms with Gasteiger partial charge in [0.1, 0.15) is 6.26 Å². The van der Waals surface area contributed by atoms with Gasteiger partial charge in [0.15, 0.2) is 12.2 Å². The molecule has 0 unspecified atom stereocenters. The van der Waals surface area contributed by atoms with E-state index in [2.05, 4.69) is 17.2 Å². The van der Waals surface area contributed by atoms with E-state index in [4.69, 9.17) is 4.42 Å². The van der Waals surface area contributed by atoms with Crippen LogP contribution in [0.25, 0.3) is 0 Å². The molecule has 0 aliphatic heterocycles. The number of oxazole rings is 1. The number of hydrogen-bond donors (Lipinski definition) is 1. The molecule has 0 radical (unpaired) electrons. The standard InChI is InChI=1S/C8H14N2O/c1-2-3-4-5-9-8-6-11-7-10-8/h6-7,9H,2-5H2,1H3. The Bertz CT molecular complexity index is 172. The van der Waals surface area contributed by atoms with Crippen LogP contribution in [0.3, 0.4) is 0 Å². The first-order chi connectivity index (χ1) is 5.43. The van der Waals surface area contributed by atoms with E-state index in [1.807, 2.05) is 0 Å². The predicted molar refractivity (Wildman–Crippen MR) is 44.5 cm³/mol. The third-order valence-corrected chi connectivity index (χ3v) is 1.52. The van der Waals surface area contributed by atoms with Gasteiger partial charge < -0.3 is 9.73 Å². The van der Waals surface area contributed by atoms with Gasteiger partial charge in [-0.3, -0.25) is 0 Å². The molecule has 0 atom stereocenters. The zero-order chi connectivity index (χ0) is 7.94. The third-order valence-electron chi connectivity index (χ3n) is 1.52. The van der Waals surface area contributed by atoms with Crippen molar-refractivity contribution in [3.8, 4) is 0 Å². The van der Waals surface area contributed by atoms with Crippen LogP contribution in [0.5, 0.6) is 0 Å². The van der Waals surface area contributed by atoms with Crippen LogP contribution >= 0.6 is 0 Å². The lowest BCUT2D eigenvalue weighted by Crippen LogP contribution is -2.00. The fraction of sp³-hybridized carbons (Fsp3) is 0.625. The Morgan fingerprint density at radius 2 is 2.45 bits per heavy atom. The van der Waals surface area contributed by atoms with Crippen molar-refractivity contribution in [2.24, 2.45) is 0 Å². The molecule has 1 aromatic rings. The highest BCUT2D eigenvalue weighted by atomic mass is 16.3. The second-order valence-corrected chi connectivity index (χ2v) is 2.51. The van der Waals surface area contributed by atoms with Crippen LogP contribution in [0.15, 0.2) is 17.1 Å². The average Bonchev–Trinajstić information content (AvgIpc) is 2.50. The van der Waals surface area contributed by atoms with Gasteiger partial charge in [-0.1, -0.05) is 19.8 Å². The number of nitrogens with one attached hydrogen (secondary N) is 1. The third kappa shape index (κ3) is 3.07. The summed E-state index contributed by atoms with van der Waals surface area (Å²) in [5.41, 5.74) is 0. The normalized spacial score (nSPS) is 9.91. The molecule has 62 valence electrons. The molecule has 11 heavy (non-hydrogen) atoms. The molecule has 0 bridgehead atoms. The quantitative estimate of drug-likeness (QED) is 0.661. The maximum atomic E-state index is 4.80. The number of unbranched alkanes of at least 4 members (excludes halogenated alkanes) is 2. The summed E-state index contributed by atoms with van der Waals surface area (Å²) in [5, 5.41) is 3.15. The van der Waals surface area contributed by atoms with E-state index in [1.54, 1.807) is 6.26 Å². The van der Waals surface area contributed by atoms with E-state index in [1.165, 1.54) is 25.7 Å². The second-order valence-electron chi connectivity index (χ2n) is 2.51. The predicted octanol–water partition coefficient (Wildman–Crippen LogP) is 2.28. The largest absolute Gasteiger partial charge is 0.449 e. The van der Waals surface area contributed by atoms with E-state index in [9.17, 15) is 0 Å². The van der Waals surface area contributed by atoms with Crippen molar-refractivity contribution >= 4 is 5.82 Å². The van der Waals surface area contributed by atoms with Crippen LogP contribution in [0, 0.1) is 0 Å². The van der Waals surface area contributed by atoms with Crippen LogP contribution in [0.2, 0.25) is 0 Å². The van der Waals surface area contributed by atoms with Gasteiger partial charge in [0.05, 0.1) is 0 Å². The van der Waals surface area contributed by atoms with Gasteiger partial charge in [-0.05, 0) is 6.42 Å². The highest BCUT2D eigenvalue weighted by Crippen LogP contribution is 2.01. The maximum Gasteiger partial charge on any atom is 0.182 e. The number of nitrogens with zero attached hydrogens (tertiary/aromatic N) is 1. The first-order valence-corrected chi connectivity index (χ1v) is 4.05. The first-order valence-electron chi connectivity index (χ1n) is 4.05. The van der Waals surface area contributed by atoms with Crippen molar-refractivity contribution in [3.63, 3.8) is 0 Å². The van der Waals surface area contributed by atoms with Crippen LogP contribution < -0.4 is 5.32 Å². The topological polar surface area (TPSA) is 38.1 Å². The molecule has 3 nitrogen and oxygen atoms in total. The van der Waals surface area contributed by atoms with E-state index in [0.717, 1.165) is 12.4 Å². The van der Waals surface area contributed by atoms with Gasteiger partial charge in [-0.15, -0.1) is 0 Å². The molecular weight excluding hydrogens is 140 g/mol. The molecule has 3 heteroatoms. The lowest BCUT2D eigenvalue weighted by Gasteiger charge is -1.99. The minimum absolute atomic E-state index is 0.834. The van der Waals surface area contributed by atoms with E-state index >= 15 is 0 Å². The Morgan fingerprint density at radius 1 is 1.55 bits per heavy atom. The number of aromatic nitrogens is 1. The molecule has 0 aliphatic carbocycles. The Labute approximate surface area is 66.8 Å². The van der Waals surface area contributed by atoms with Gasteiger partial charge in [0.2, 0.25) is 0 Å². The van der Waals surface area contributed by atoms with Crippen LogP contribution in [0.4, 0.5) is 5.82 Å². The van der Waals surface area contributed by atoms with Crippen molar-refractivity contribution in [1.82, 2.24) is 4.98 Å². The fourth-order valence-corrected chi connectivity index (χ4v) is 0.891. The smallest absolute Gasteiger partial charge is 0.182 e. The van der Waals surface area contributed by atoms with Crippen molar-refractivity contribution in [1.29, 1.82) is 0 Å². The molecule has 0 fully saturated rings. The molecule has 1 rings (SSSR count). The zero-order valence-electron chi connectivity index (χ0n) is 6.84. The Balaban J connectivity index is 2.04. The first kappa shape index (κ1) is 8.11. The van der Waals surface area contributed by atoms with Crippen molar-refractivity contribution in [2.45, 2.75) is 26.2 Å². The minimum atomic E-state index is 0.834. The highest BCUT2D eigenvalue weighted by Gasteiger charge is 1.91. The Kier molecular flexibility index (Phi) is 3.52. The fourth-order valence-electron chi connectivity index (χ4n) is 0.891. The molecule has 1 heterocycles. The molecule has 1 N–H and O–H groups in total. The molecule has 1 aromatic heterocycles. The van der Waals surface area contributed by atoms with Gasteiger partial charge in [0.25, 0.3) is 0 Å². The Hall–Kier alpha value is -0.990. The zero-order valence-corrected chi connectivity index (χ0v) is 6.84. The van der Waals surface area contributed by atoms with Crippen molar-refractivity contribution < 1.29 is 4.42 Å². The van der Waals surface area contributed by atoms with Crippen molar-refractivity contribution in [3.05, 3.63) is 12.7 Å². The highest BCUT2D eigenvalue weighted by molar-refractivity contribution is 5.28. The van der Waals surface area contributed by atoms with Gasteiger partial charge >= 0.3 is 0 Å². The summed E-state index contributed by atoms with van der Waals surface area (Å²) in [6, 6.07) is 0. The van der Waals surface area contributed by atoms with Crippen molar-refractivity contribution in [2.75, 3.05) is 11.9 Å². The summed E-state index contributed by atoms with van der Waals surface area (Å²) in [6.07, 6.45) is 6.77. The summed E-state index contributed by atoms with van der Waals surface area (Å²) < 4.78 is 4.80. The lowest BCUT2D eigenvalue weighted by atomic mass is 10.2. The molecule has 0 saturated heterocycles. The SMILES string of the molecule is CCCCCNc1cocn1. The van der Waals surface area contributed by atoms with Gasteiger partial charge in [-0.2, -0.15) is 4.98 Å². The van der Waals surface area contributed by atoms with Crippen LogP contribution in [-0.2, 0) is 0 Å². The maximum absolute atomic E-state index is 4.80. The molecule has 0 aromatic carbocycles.